The van der Waals surface area contributed by atoms with Crippen LogP contribution in [0.5, 0.6) is 5.75 Å². The van der Waals surface area contributed by atoms with Crippen molar-refractivity contribution in [2.45, 2.75) is 0 Å². The highest BCUT2D eigenvalue weighted by Gasteiger charge is 2.16. The second-order valence-corrected chi connectivity index (χ2v) is 7.46. The number of nitrogens with one attached hydrogen (secondary N) is 1. The highest BCUT2D eigenvalue weighted by molar-refractivity contribution is 6.10. The van der Waals surface area contributed by atoms with E-state index < -0.39 is 17.8 Å². The summed E-state index contributed by atoms with van der Waals surface area (Å²) in [7, 11) is 0. The van der Waals surface area contributed by atoms with E-state index >= 15 is 0 Å². The molecule has 0 bridgehead atoms. The molecule has 4 aromatic carbocycles. The summed E-state index contributed by atoms with van der Waals surface area (Å²) in [6.07, 6.45) is 1.31. The molecule has 0 radical (unpaired) electrons. The molecular weight excluding hydrogens is 444 g/mol. The number of nitrogens with zero attached hydrogens (tertiary/aromatic N) is 1. The lowest BCUT2D eigenvalue weighted by Crippen LogP contribution is -2.14. The number of para-hydroxylation sites is 1. The van der Waals surface area contributed by atoms with E-state index in [1.165, 1.54) is 30.3 Å². The van der Waals surface area contributed by atoms with Crippen LogP contribution in [0, 0.1) is 11.3 Å². The zero-order valence-corrected chi connectivity index (χ0v) is 18.3. The van der Waals surface area contributed by atoms with E-state index in [4.69, 9.17) is 9.84 Å². The number of esters is 1. The van der Waals surface area contributed by atoms with E-state index in [1.54, 1.807) is 36.4 Å². The Morgan fingerprint density at radius 1 is 0.886 bits per heavy atom. The highest BCUT2D eigenvalue weighted by Crippen LogP contribution is 2.25. The van der Waals surface area contributed by atoms with E-state index in [0.717, 1.165) is 10.8 Å². The summed E-state index contributed by atoms with van der Waals surface area (Å²) in [6, 6.07) is 26.8. The number of carboxylic acid groups (broad SMARTS) is 1. The summed E-state index contributed by atoms with van der Waals surface area (Å²) in [5.74, 6) is -2.26. The first-order valence-electron chi connectivity index (χ1n) is 10.5. The van der Waals surface area contributed by atoms with E-state index in [0.29, 0.717) is 11.1 Å². The Morgan fingerprint density at radius 2 is 1.60 bits per heavy atom. The lowest BCUT2D eigenvalue weighted by Gasteiger charge is -2.10. The van der Waals surface area contributed by atoms with Crippen LogP contribution in [0.3, 0.4) is 0 Å². The van der Waals surface area contributed by atoms with Crippen molar-refractivity contribution >= 4 is 40.4 Å². The molecule has 0 spiro atoms. The number of carboxylic acids is 1. The number of carbonyl (C=O) groups is 3. The van der Waals surface area contributed by atoms with Crippen molar-refractivity contribution in [1.82, 2.24) is 0 Å². The second kappa shape index (κ2) is 10.1. The predicted octanol–water partition coefficient (Wildman–Crippen LogP) is 5.30. The normalized spacial score (nSPS) is 10.9. The van der Waals surface area contributed by atoms with Gasteiger partial charge in [0.1, 0.15) is 17.4 Å². The topological polar surface area (TPSA) is 116 Å². The first-order chi connectivity index (χ1) is 17.0. The van der Waals surface area contributed by atoms with Crippen LogP contribution >= 0.6 is 0 Å². The zero-order valence-electron chi connectivity index (χ0n) is 18.3. The molecular formula is C28H18N2O5. The van der Waals surface area contributed by atoms with Crippen LogP contribution in [0.15, 0.2) is 96.6 Å². The molecule has 0 aliphatic carbocycles. The molecule has 35 heavy (non-hydrogen) atoms. The fourth-order valence-corrected chi connectivity index (χ4v) is 3.48. The fourth-order valence-electron chi connectivity index (χ4n) is 3.48. The number of benzene rings is 4. The second-order valence-electron chi connectivity index (χ2n) is 7.46. The van der Waals surface area contributed by atoms with Gasteiger partial charge in [0.2, 0.25) is 0 Å². The van der Waals surface area contributed by atoms with E-state index in [9.17, 15) is 19.6 Å². The van der Waals surface area contributed by atoms with Crippen LogP contribution in [0.2, 0.25) is 0 Å². The smallest absolute Gasteiger partial charge is 0.344 e. The summed E-state index contributed by atoms with van der Waals surface area (Å²) >= 11 is 0. The molecule has 0 aromatic heterocycles. The van der Waals surface area contributed by atoms with Crippen LogP contribution in [0.25, 0.3) is 16.8 Å². The Kier molecular flexibility index (Phi) is 6.66. The minimum Gasteiger partial charge on any atom is -0.478 e. The molecule has 0 fully saturated rings. The molecule has 1 amide bonds. The minimum absolute atomic E-state index is 0.00372. The first kappa shape index (κ1) is 23.0. The molecule has 0 atom stereocenters. The predicted molar refractivity (Wildman–Crippen MR) is 131 cm³/mol. The number of nitriles is 1. The van der Waals surface area contributed by atoms with Crippen molar-refractivity contribution in [3.63, 3.8) is 0 Å². The lowest BCUT2D eigenvalue weighted by atomic mass is 10.0. The number of hydrogen-bond acceptors (Lipinski definition) is 5. The summed E-state index contributed by atoms with van der Waals surface area (Å²) in [5.41, 5.74) is 0.715. The maximum Gasteiger partial charge on any atom is 0.344 e. The molecule has 7 heteroatoms. The van der Waals surface area contributed by atoms with Gasteiger partial charge >= 0.3 is 11.9 Å². The van der Waals surface area contributed by atoms with Gasteiger partial charge < -0.3 is 15.2 Å². The average molecular weight is 462 g/mol. The number of amides is 1. The maximum absolute atomic E-state index is 13.0. The number of ether oxygens (including phenoxy) is 1. The van der Waals surface area contributed by atoms with Crippen LogP contribution in [0.4, 0.5) is 5.69 Å². The average Bonchev–Trinajstić information content (AvgIpc) is 2.87. The van der Waals surface area contributed by atoms with Gasteiger partial charge in [-0.2, -0.15) is 5.26 Å². The van der Waals surface area contributed by atoms with E-state index in [2.05, 4.69) is 5.32 Å². The third kappa shape index (κ3) is 5.24. The number of aromatic carboxylic acids is 1. The molecule has 7 nitrogen and oxygen atoms in total. The van der Waals surface area contributed by atoms with Crippen molar-refractivity contribution in [3.05, 3.63) is 113 Å². The third-order valence-corrected chi connectivity index (χ3v) is 5.16. The molecule has 0 heterocycles. The van der Waals surface area contributed by atoms with Crippen molar-refractivity contribution < 1.29 is 24.2 Å². The molecule has 170 valence electrons. The minimum atomic E-state index is -1.14. The lowest BCUT2D eigenvalue weighted by molar-refractivity contribution is -0.112. The van der Waals surface area contributed by atoms with Gasteiger partial charge in [-0.25, -0.2) is 9.59 Å². The van der Waals surface area contributed by atoms with Gasteiger partial charge in [-0.15, -0.1) is 0 Å². The third-order valence-electron chi connectivity index (χ3n) is 5.16. The summed E-state index contributed by atoms with van der Waals surface area (Å²) in [6.45, 7) is 0. The van der Waals surface area contributed by atoms with Gasteiger partial charge in [0.15, 0.2) is 0 Å². The largest absolute Gasteiger partial charge is 0.478 e. The van der Waals surface area contributed by atoms with Crippen LogP contribution in [-0.4, -0.2) is 23.0 Å². The Labute approximate surface area is 200 Å². The quantitative estimate of drug-likeness (QED) is 0.174. The number of carbonyl (C=O) groups excluding carboxylic acids is 2. The monoisotopic (exact) mass is 462 g/mol. The zero-order chi connectivity index (χ0) is 24.8. The molecule has 0 aliphatic heterocycles. The van der Waals surface area contributed by atoms with Gasteiger partial charge in [-0.05, 0) is 47.2 Å². The Balaban J connectivity index is 1.60. The molecule has 0 aliphatic rings. The number of hydrogen-bond donors (Lipinski definition) is 2. The van der Waals surface area contributed by atoms with Gasteiger partial charge in [-0.1, -0.05) is 60.7 Å². The Bertz CT molecular complexity index is 1530. The fraction of sp³-hybridized carbons (Fsp3) is 0. The molecule has 0 unspecified atom stereocenters. The molecule has 0 saturated heterocycles. The highest BCUT2D eigenvalue weighted by atomic mass is 16.5. The summed E-state index contributed by atoms with van der Waals surface area (Å²) < 4.78 is 5.64. The summed E-state index contributed by atoms with van der Waals surface area (Å²) in [4.78, 5) is 36.8. The standard InChI is InChI=1S/C28H18N2O5/c29-17-21(26(31)30-22-11-5-10-20(16-22)27(32)33)15-19-8-2-4-14-25(19)35-28(34)24-13-6-9-18-7-1-3-12-23(18)24/h1-16H,(H,30,31)(H,32,33)/b21-15-. The van der Waals surface area contributed by atoms with Gasteiger partial charge in [0, 0.05) is 11.3 Å². The van der Waals surface area contributed by atoms with Gasteiger partial charge in [0.05, 0.1) is 11.1 Å². The van der Waals surface area contributed by atoms with Crippen molar-refractivity contribution in [2.24, 2.45) is 0 Å². The molecule has 4 rings (SSSR count). The summed E-state index contributed by atoms with van der Waals surface area (Å²) in [5, 5.41) is 22.8. The SMILES string of the molecule is N#C/C(=C/c1ccccc1OC(=O)c1cccc2ccccc12)C(=O)Nc1cccc(C(=O)O)c1. The van der Waals surface area contributed by atoms with Crippen molar-refractivity contribution in [2.75, 3.05) is 5.32 Å². The van der Waals surface area contributed by atoms with E-state index in [1.807, 2.05) is 36.4 Å². The van der Waals surface area contributed by atoms with Gasteiger partial charge in [0.25, 0.3) is 5.91 Å². The molecule has 0 saturated carbocycles. The van der Waals surface area contributed by atoms with Crippen LogP contribution < -0.4 is 10.1 Å². The number of rotatable bonds is 6. The van der Waals surface area contributed by atoms with Gasteiger partial charge in [-0.3, -0.25) is 4.79 Å². The van der Waals surface area contributed by atoms with Crippen molar-refractivity contribution in [3.8, 4) is 11.8 Å². The number of anilines is 1. The van der Waals surface area contributed by atoms with Crippen molar-refractivity contribution in [1.29, 1.82) is 5.26 Å². The molecule has 2 N–H and O–H groups in total. The maximum atomic E-state index is 13.0. The van der Waals surface area contributed by atoms with Crippen LogP contribution in [0.1, 0.15) is 26.3 Å². The van der Waals surface area contributed by atoms with E-state index in [-0.39, 0.29) is 22.6 Å². The first-order valence-corrected chi connectivity index (χ1v) is 10.5. The molecule has 4 aromatic rings. The number of fused-ring (bicyclic) bond motifs is 1. The Hall–Kier alpha value is -5.22. The van der Waals surface area contributed by atoms with Crippen LogP contribution in [-0.2, 0) is 4.79 Å². The Morgan fingerprint density at radius 3 is 2.40 bits per heavy atom.